The molecule has 0 spiro atoms. The summed E-state index contributed by atoms with van der Waals surface area (Å²) in [6, 6.07) is 0. The molecule has 2 saturated carbocycles. The van der Waals surface area contributed by atoms with E-state index in [9.17, 15) is 14.7 Å². The molecule has 24 heavy (non-hydrogen) atoms. The number of hydrogen-bond donors (Lipinski definition) is 2. The predicted molar refractivity (Wildman–Crippen MR) is 93.7 cm³/mol. The van der Waals surface area contributed by atoms with Gasteiger partial charge in [-0.15, -0.1) is 0 Å². The zero-order valence-corrected chi connectivity index (χ0v) is 15.1. The zero-order valence-electron chi connectivity index (χ0n) is 15.1. The van der Waals surface area contributed by atoms with Crippen molar-refractivity contribution in [3.8, 4) is 0 Å². The molecule has 0 bridgehead atoms. The number of allylic oxidation sites excluding steroid dienone is 2. The lowest BCUT2D eigenvalue weighted by Crippen LogP contribution is -2.49. The van der Waals surface area contributed by atoms with Crippen LogP contribution >= 0.6 is 0 Å². The maximum atomic E-state index is 11.3. The first-order chi connectivity index (χ1) is 11.1. The summed E-state index contributed by atoms with van der Waals surface area (Å²) in [7, 11) is 0. The Morgan fingerprint density at radius 1 is 1.25 bits per heavy atom. The van der Waals surface area contributed by atoms with E-state index in [0.717, 1.165) is 19.3 Å². The summed E-state index contributed by atoms with van der Waals surface area (Å²) in [5, 5.41) is 18.1. The quantitative estimate of drug-likeness (QED) is 0.566. The molecule has 2 fully saturated rings. The number of hydrogen-bond acceptors (Lipinski definition) is 2. The molecule has 4 heteroatoms. The van der Waals surface area contributed by atoms with Crippen LogP contribution in [0.1, 0.15) is 65.7 Å². The maximum absolute atomic E-state index is 11.3. The lowest BCUT2D eigenvalue weighted by atomic mass is 9.47. The van der Waals surface area contributed by atoms with Crippen LogP contribution in [0.25, 0.3) is 0 Å². The third-order valence-electron chi connectivity index (χ3n) is 6.54. The fourth-order valence-electron chi connectivity index (χ4n) is 5.37. The van der Waals surface area contributed by atoms with E-state index in [1.54, 1.807) is 6.08 Å². The Morgan fingerprint density at radius 2 is 1.92 bits per heavy atom. The number of carboxylic acid groups (broad SMARTS) is 2. The van der Waals surface area contributed by atoms with Crippen molar-refractivity contribution in [3.05, 3.63) is 23.8 Å². The Labute approximate surface area is 144 Å². The van der Waals surface area contributed by atoms with E-state index in [1.165, 1.54) is 18.4 Å². The molecule has 0 heterocycles. The van der Waals surface area contributed by atoms with Crippen molar-refractivity contribution in [2.24, 2.45) is 22.7 Å². The molecule has 0 unspecified atom stereocenters. The summed E-state index contributed by atoms with van der Waals surface area (Å²) in [4.78, 5) is 22.2. The zero-order chi connectivity index (χ0) is 18.1. The monoisotopic (exact) mass is 334 g/mol. The number of fused-ring (bicyclic) bond motifs is 1. The second kappa shape index (κ2) is 6.73. The topological polar surface area (TPSA) is 74.6 Å². The molecule has 3 atom stereocenters. The Kier molecular flexibility index (Phi) is 5.26. The third kappa shape index (κ3) is 3.57. The summed E-state index contributed by atoms with van der Waals surface area (Å²) in [5.41, 5.74) is 1.60. The van der Waals surface area contributed by atoms with Crippen molar-refractivity contribution >= 4 is 11.9 Å². The van der Waals surface area contributed by atoms with Crippen LogP contribution in [0.2, 0.25) is 0 Å². The summed E-state index contributed by atoms with van der Waals surface area (Å²) >= 11 is 0. The Balaban J connectivity index is 2.28. The first-order valence-electron chi connectivity index (χ1n) is 8.89. The summed E-state index contributed by atoms with van der Waals surface area (Å²) in [6.07, 6.45) is 7.49. The van der Waals surface area contributed by atoms with Crippen molar-refractivity contribution in [1.29, 1.82) is 0 Å². The van der Waals surface area contributed by atoms with E-state index >= 15 is 0 Å². The van der Waals surface area contributed by atoms with Crippen LogP contribution in [-0.2, 0) is 9.59 Å². The van der Waals surface area contributed by atoms with Crippen molar-refractivity contribution in [2.45, 2.75) is 65.7 Å². The van der Waals surface area contributed by atoms with E-state index in [-0.39, 0.29) is 16.9 Å². The van der Waals surface area contributed by atoms with E-state index in [4.69, 9.17) is 5.11 Å². The van der Waals surface area contributed by atoms with Gasteiger partial charge in [0.2, 0.25) is 0 Å². The second-order valence-electron chi connectivity index (χ2n) is 8.49. The standard InChI is InChI=1S/C20H30O4/c1-13-6-9-16-19(2,3)10-5-11-20(16,4)15(13)8-7-14(18(23)24)12-17(21)22/h7,15-16H,1,5-6,8-12H2,2-4H3,(H,21,22)(H,23,24)/b14-7+/t15-,16-,20+/m0/s1. The molecule has 0 saturated heterocycles. The van der Waals surface area contributed by atoms with Gasteiger partial charge in [-0.25, -0.2) is 4.79 Å². The maximum Gasteiger partial charge on any atom is 0.331 e. The molecule has 0 radical (unpaired) electrons. The molecule has 2 N–H and O–H groups in total. The number of carbonyl (C=O) groups is 2. The summed E-state index contributed by atoms with van der Waals surface area (Å²) < 4.78 is 0. The van der Waals surface area contributed by atoms with Gasteiger partial charge in [0, 0.05) is 5.57 Å². The van der Waals surface area contributed by atoms with Crippen LogP contribution in [0.4, 0.5) is 0 Å². The molecule has 0 aromatic rings. The average molecular weight is 334 g/mol. The summed E-state index contributed by atoms with van der Waals surface area (Å²) in [5.74, 6) is -1.40. The van der Waals surface area contributed by atoms with Gasteiger partial charge in [-0.1, -0.05) is 45.4 Å². The minimum absolute atomic E-state index is 0.0175. The average Bonchev–Trinajstić information content (AvgIpc) is 2.43. The number of rotatable bonds is 5. The van der Waals surface area contributed by atoms with Crippen LogP contribution in [0, 0.1) is 22.7 Å². The number of aliphatic carboxylic acids is 2. The van der Waals surface area contributed by atoms with Gasteiger partial charge in [-0.2, -0.15) is 0 Å². The highest BCUT2D eigenvalue weighted by atomic mass is 16.4. The fourth-order valence-corrected chi connectivity index (χ4v) is 5.37. The summed E-state index contributed by atoms with van der Waals surface area (Å²) in [6.45, 7) is 11.3. The second-order valence-corrected chi connectivity index (χ2v) is 8.49. The minimum Gasteiger partial charge on any atom is -0.481 e. The van der Waals surface area contributed by atoms with Gasteiger partial charge >= 0.3 is 11.9 Å². The van der Waals surface area contributed by atoms with Crippen molar-refractivity contribution in [3.63, 3.8) is 0 Å². The van der Waals surface area contributed by atoms with Crippen molar-refractivity contribution in [1.82, 2.24) is 0 Å². The molecule has 0 aromatic heterocycles. The van der Waals surface area contributed by atoms with Gasteiger partial charge in [0.1, 0.15) is 0 Å². The van der Waals surface area contributed by atoms with Crippen molar-refractivity contribution in [2.75, 3.05) is 0 Å². The highest BCUT2D eigenvalue weighted by Gasteiger charge is 2.52. The molecule has 134 valence electrons. The van der Waals surface area contributed by atoms with Gasteiger partial charge < -0.3 is 10.2 Å². The van der Waals surface area contributed by atoms with Gasteiger partial charge in [0.25, 0.3) is 0 Å². The lowest BCUT2D eigenvalue weighted by molar-refractivity contribution is -0.139. The van der Waals surface area contributed by atoms with Crippen molar-refractivity contribution < 1.29 is 19.8 Å². The minimum atomic E-state index is -1.13. The van der Waals surface area contributed by atoms with Crippen LogP contribution in [0.5, 0.6) is 0 Å². The molecule has 2 rings (SSSR count). The Hall–Kier alpha value is -1.58. The van der Waals surface area contributed by atoms with Gasteiger partial charge in [-0.05, 0) is 54.8 Å². The first-order valence-corrected chi connectivity index (χ1v) is 8.89. The first kappa shape index (κ1) is 18.8. The Bertz CT molecular complexity index is 572. The third-order valence-corrected chi connectivity index (χ3v) is 6.54. The molecular weight excluding hydrogens is 304 g/mol. The van der Waals surface area contributed by atoms with Crippen LogP contribution in [0.15, 0.2) is 23.8 Å². The SMILES string of the molecule is C=C1CC[C@H]2C(C)(C)CCC[C@]2(C)[C@H]1C/C=C(\CC(=O)O)C(=O)O. The van der Waals surface area contributed by atoms with Crippen LogP contribution in [-0.4, -0.2) is 22.2 Å². The smallest absolute Gasteiger partial charge is 0.331 e. The van der Waals surface area contributed by atoms with Gasteiger partial charge in [0.15, 0.2) is 0 Å². The molecular formula is C20H30O4. The fraction of sp³-hybridized carbons (Fsp3) is 0.700. The van der Waals surface area contributed by atoms with Crippen LogP contribution in [0.3, 0.4) is 0 Å². The normalized spacial score (nSPS) is 33.0. The molecule has 4 nitrogen and oxygen atoms in total. The molecule has 2 aliphatic carbocycles. The molecule has 2 aliphatic rings. The number of carboxylic acids is 2. The highest BCUT2D eigenvalue weighted by molar-refractivity contribution is 5.92. The van der Waals surface area contributed by atoms with E-state index in [1.807, 2.05) is 0 Å². The lowest BCUT2D eigenvalue weighted by Gasteiger charge is -2.58. The predicted octanol–water partition coefficient (Wildman–Crippen LogP) is 4.66. The molecule has 0 aromatic carbocycles. The van der Waals surface area contributed by atoms with E-state index in [2.05, 4.69) is 27.4 Å². The van der Waals surface area contributed by atoms with Gasteiger partial charge in [-0.3, -0.25) is 4.79 Å². The van der Waals surface area contributed by atoms with Gasteiger partial charge in [0.05, 0.1) is 6.42 Å². The van der Waals surface area contributed by atoms with E-state index < -0.39 is 18.4 Å². The van der Waals surface area contributed by atoms with E-state index in [0.29, 0.717) is 17.8 Å². The Morgan fingerprint density at radius 3 is 2.50 bits per heavy atom. The largest absolute Gasteiger partial charge is 0.481 e. The molecule has 0 aliphatic heterocycles. The van der Waals surface area contributed by atoms with Crippen LogP contribution < -0.4 is 0 Å². The molecule has 0 amide bonds. The highest BCUT2D eigenvalue weighted by Crippen LogP contribution is 2.61.